The van der Waals surface area contributed by atoms with Crippen LogP contribution in [-0.4, -0.2) is 15.6 Å². The van der Waals surface area contributed by atoms with E-state index in [9.17, 15) is 14.3 Å². The van der Waals surface area contributed by atoms with Crippen LogP contribution in [0.25, 0.3) is 0 Å². The molecule has 3 nitrogen and oxygen atoms in total. The van der Waals surface area contributed by atoms with Crippen LogP contribution >= 0.6 is 15.9 Å². The lowest BCUT2D eigenvalue weighted by atomic mass is 10.2. The topological polar surface area (TPSA) is 42.2 Å². The zero-order valence-electron chi connectivity index (χ0n) is 10.6. The van der Waals surface area contributed by atoms with E-state index in [-0.39, 0.29) is 11.5 Å². The maximum Gasteiger partial charge on any atom is 0.352 e. The molecule has 0 fully saturated rings. The Balaban J connectivity index is 2.47. The van der Waals surface area contributed by atoms with Crippen molar-refractivity contribution in [3.63, 3.8) is 0 Å². The van der Waals surface area contributed by atoms with Crippen molar-refractivity contribution in [1.29, 1.82) is 0 Å². The molecular formula is C14H13BrFNO2. The van der Waals surface area contributed by atoms with E-state index in [1.165, 1.54) is 12.1 Å². The fourth-order valence-electron chi connectivity index (χ4n) is 2.11. The lowest BCUT2D eigenvalue weighted by Gasteiger charge is -2.09. The summed E-state index contributed by atoms with van der Waals surface area (Å²) < 4.78 is 15.4. The zero-order chi connectivity index (χ0) is 14.2. The summed E-state index contributed by atoms with van der Waals surface area (Å²) in [6.45, 7) is 4.02. The molecule has 5 heteroatoms. The number of carboxylic acids is 1. The molecule has 2 aromatic rings. The molecule has 0 aliphatic heterocycles. The van der Waals surface area contributed by atoms with Gasteiger partial charge < -0.3 is 9.67 Å². The molecule has 0 radical (unpaired) electrons. The molecule has 0 saturated heterocycles. The molecule has 0 saturated carbocycles. The first kappa shape index (κ1) is 13.8. The van der Waals surface area contributed by atoms with Gasteiger partial charge in [0.05, 0.1) is 0 Å². The normalized spacial score (nSPS) is 10.7. The lowest BCUT2D eigenvalue weighted by molar-refractivity contribution is 0.0684. The van der Waals surface area contributed by atoms with Crippen molar-refractivity contribution in [3.8, 4) is 0 Å². The fraction of sp³-hybridized carbons (Fsp3) is 0.214. The SMILES string of the molecule is Cc1c(Br)c(C)n(Cc2ccc(F)cc2)c1C(=O)O. The summed E-state index contributed by atoms with van der Waals surface area (Å²) in [5, 5.41) is 9.30. The van der Waals surface area contributed by atoms with Crippen LogP contribution in [-0.2, 0) is 6.54 Å². The van der Waals surface area contributed by atoms with Crippen LogP contribution in [0.5, 0.6) is 0 Å². The molecule has 1 heterocycles. The Morgan fingerprint density at radius 1 is 1.32 bits per heavy atom. The first-order valence-corrected chi connectivity index (χ1v) is 6.54. The second-order valence-electron chi connectivity index (χ2n) is 4.39. The highest BCUT2D eigenvalue weighted by Gasteiger charge is 2.20. The molecule has 1 aromatic heterocycles. The number of carbonyl (C=O) groups is 1. The molecule has 1 aromatic carbocycles. The number of nitrogens with zero attached hydrogens (tertiary/aromatic N) is 1. The van der Waals surface area contributed by atoms with Crippen LogP contribution in [0.2, 0.25) is 0 Å². The van der Waals surface area contributed by atoms with Gasteiger partial charge in [0.1, 0.15) is 11.5 Å². The average molecular weight is 326 g/mol. The van der Waals surface area contributed by atoms with E-state index in [0.29, 0.717) is 12.1 Å². The van der Waals surface area contributed by atoms with Crippen molar-refractivity contribution in [1.82, 2.24) is 4.57 Å². The van der Waals surface area contributed by atoms with Gasteiger partial charge in [0.2, 0.25) is 0 Å². The van der Waals surface area contributed by atoms with Gasteiger partial charge in [-0.2, -0.15) is 0 Å². The van der Waals surface area contributed by atoms with Gasteiger partial charge in [-0.05, 0) is 53.0 Å². The van der Waals surface area contributed by atoms with Gasteiger partial charge in [-0.15, -0.1) is 0 Å². The van der Waals surface area contributed by atoms with Gasteiger partial charge in [0.15, 0.2) is 0 Å². The zero-order valence-corrected chi connectivity index (χ0v) is 12.2. The van der Waals surface area contributed by atoms with Gasteiger partial charge >= 0.3 is 5.97 Å². The van der Waals surface area contributed by atoms with Crippen molar-refractivity contribution < 1.29 is 14.3 Å². The quantitative estimate of drug-likeness (QED) is 0.933. The largest absolute Gasteiger partial charge is 0.477 e. The number of hydrogen-bond donors (Lipinski definition) is 1. The van der Waals surface area contributed by atoms with Gasteiger partial charge in [0, 0.05) is 16.7 Å². The fourth-order valence-corrected chi connectivity index (χ4v) is 2.51. The van der Waals surface area contributed by atoms with Gasteiger partial charge in [-0.25, -0.2) is 9.18 Å². The van der Waals surface area contributed by atoms with Gasteiger partial charge in [-0.3, -0.25) is 0 Å². The van der Waals surface area contributed by atoms with Crippen molar-refractivity contribution in [3.05, 3.63) is 57.1 Å². The van der Waals surface area contributed by atoms with E-state index in [1.807, 2.05) is 6.92 Å². The van der Waals surface area contributed by atoms with E-state index < -0.39 is 5.97 Å². The summed E-state index contributed by atoms with van der Waals surface area (Å²) in [7, 11) is 0. The first-order chi connectivity index (χ1) is 8.91. The molecular weight excluding hydrogens is 313 g/mol. The number of rotatable bonds is 3. The molecule has 0 aliphatic rings. The summed E-state index contributed by atoms with van der Waals surface area (Å²) in [5.74, 6) is -1.27. The van der Waals surface area contributed by atoms with E-state index >= 15 is 0 Å². The van der Waals surface area contributed by atoms with Crippen LogP contribution in [0.15, 0.2) is 28.7 Å². The third-order valence-electron chi connectivity index (χ3n) is 3.13. The highest BCUT2D eigenvalue weighted by atomic mass is 79.9. The van der Waals surface area contributed by atoms with Crippen LogP contribution in [0.4, 0.5) is 4.39 Å². The molecule has 0 amide bonds. The number of halogens is 2. The third kappa shape index (κ3) is 2.56. The van der Waals surface area contributed by atoms with Gasteiger partial charge in [0.25, 0.3) is 0 Å². The Bertz CT molecular complexity index is 632. The Morgan fingerprint density at radius 3 is 2.42 bits per heavy atom. The molecule has 0 bridgehead atoms. The number of carboxylic acid groups (broad SMARTS) is 1. The number of aromatic carboxylic acids is 1. The van der Waals surface area contributed by atoms with Crippen molar-refractivity contribution in [2.24, 2.45) is 0 Å². The van der Waals surface area contributed by atoms with Crippen molar-refractivity contribution >= 4 is 21.9 Å². The van der Waals surface area contributed by atoms with E-state index in [2.05, 4.69) is 15.9 Å². The maximum atomic E-state index is 12.9. The molecule has 0 aliphatic carbocycles. The summed E-state index contributed by atoms with van der Waals surface area (Å²) >= 11 is 3.40. The predicted octanol–water partition coefficient (Wildman–Crippen LogP) is 3.75. The molecule has 0 spiro atoms. The Labute approximate surface area is 118 Å². The molecule has 0 unspecified atom stereocenters. The van der Waals surface area contributed by atoms with E-state index in [1.54, 1.807) is 23.6 Å². The third-order valence-corrected chi connectivity index (χ3v) is 4.30. The molecule has 19 heavy (non-hydrogen) atoms. The second-order valence-corrected chi connectivity index (χ2v) is 5.18. The number of aromatic nitrogens is 1. The Hall–Kier alpha value is -1.62. The summed E-state index contributed by atoms with van der Waals surface area (Å²) in [6.07, 6.45) is 0. The van der Waals surface area contributed by atoms with Crippen molar-refractivity contribution in [2.75, 3.05) is 0 Å². The summed E-state index contributed by atoms with van der Waals surface area (Å²) in [4.78, 5) is 11.4. The number of benzene rings is 1. The first-order valence-electron chi connectivity index (χ1n) is 5.74. The van der Waals surface area contributed by atoms with Crippen LogP contribution in [0, 0.1) is 19.7 Å². The molecule has 1 N–H and O–H groups in total. The molecule has 0 atom stereocenters. The van der Waals surface area contributed by atoms with Crippen molar-refractivity contribution in [2.45, 2.75) is 20.4 Å². The van der Waals surface area contributed by atoms with Gasteiger partial charge in [-0.1, -0.05) is 12.1 Å². The standard InChI is InChI=1S/C14H13BrFNO2/c1-8-12(15)9(2)17(13(8)14(18)19)7-10-3-5-11(16)6-4-10/h3-6H,7H2,1-2H3,(H,18,19). The van der Waals surface area contributed by atoms with E-state index in [0.717, 1.165) is 15.7 Å². The minimum atomic E-state index is -0.964. The lowest BCUT2D eigenvalue weighted by Crippen LogP contribution is -2.11. The molecule has 2 rings (SSSR count). The predicted molar refractivity (Wildman–Crippen MR) is 74.1 cm³/mol. The molecule has 100 valence electrons. The van der Waals surface area contributed by atoms with Crippen LogP contribution in [0.3, 0.4) is 0 Å². The highest BCUT2D eigenvalue weighted by molar-refractivity contribution is 9.10. The second kappa shape index (κ2) is 5.17. The summed E-state index contributed by atoms with van der Waals surface area (Å²) in [6, 6.07) is 6.06. The summed E-state index contributed by atoms with van der Waals surface area (Å²) in [5.41, 5.74) is 2.66. The minimum Gasteiger partial charge on any atom is -0.477 e. The minimum absolute atomic E-state index is 0.258. The Kier molecular flexibility index (Phi) is 3.75. The van der Waals surface area contributed by atoms with E-state index in [4.69, 9.17) is 0 Å². The average Bonchev–Trinajstić information content (AvgIpc) is 2.57. The monoisotopic (exact) mass is 325 g/mol. The smallest absolute Gasteiger partial charge is 0.352 e. The Morgan fingerprint density at radius 2 is 1.89 bits per heavy atom. The van der Waals surface area contributed by atoms with Crippen LogP contribution < -0.4 is 0 Å². The highest BCUT2D eigenvalue weighted by Crippen LogP contribution is 2.28. The number of hydrogen-bond acceptors (Lipinski definition) is 1. The van der Waals surface area contributed by atoms with Crippen LogP contribution in [0.1, 0.15) is 27.3 Å². The maximum absolute atomic E-state index is 12.9.